The van der Waals surface area contributed by atoms with E-state index >= 15 is 0 Å². The van der Waals surface area contributed by atoms with Crippen LogP contribution in [0.1, 0.15) is 26.1 Å². The summed E-state index contributed by atoms with van der Waals surface area (Å²) < 4.78 is 0. The molecule has 1 unspecified atom stereocenters. The smallest absolute Gasteiger partial charge is 0.278 e. The maximum absolute atomic E-state index is 12.5. The summed E-state index contributed by atoms with van der Waals surface area (Å²) in [7, 11) is 1.76. The number of amides is 1. The summed E-state index contributed by atoms with van der Waals surface area (Å²) in [5, 5.41) is 11.4. The third kappa shape index (κ3) is 2.46. The lowest BCUT2D eigenvalue weighted by molar-refractivity contribution is 0.00427. The molecule has 1 atom stereocenters. The number of aliphatic hydroxyl groups excluding tert-OH is 1. The van der Waals surface area contributed by atoms with Crippen LogP contribution in [0.3, 0.4) is 0 Å². The van der Waals surface area contributed by atoms with Gasteiger partial charge in [0.25, 0.3) is 5.91 Å². The number of aliphatic hydroxyl groups is 1. The summed E-state index contributed by atoms with van der Waals surface area (Å²) in [6.07, 6.45) is 1.30. The van der Waals surface area contributed by atoms with Crippen LogP contribution in [0.4, 0.5) is 5.69 Å². The number of anilines is 1. The molecule has 0 spiro atoms. The maximum Gasteiger partial charge on any atom is 0.278 e. The highest BCUT2D eigenvalue weighted by molar-refractivity contribution is 7.11. The molecule has 1 amide bonds. The summed E-state index contributed by atoms with van der Waals surface area (Å²) in [6.45, 7) is 4.37. The van der Waals surface area contributed by atoms with Crippen molar-refractivity contribution in [3.8, 4) is 0 Å². The van der Waals surface area contributed by atoms with Crippen molar-refractivity contribution < 1.29 is 9.90 Å². The second-order valence-electron chi connectivity index (χ2n) is 5.32. The van der Waals surface area contributed by atoms with E-state index < -0.39 is 6.35 Å². The first-order valence-electron chi connectivity index (χ1n) is 7.09. The summed E-state index contributed by atoms with van der Waals surface area (Å²) >= 11 is 1.63. The Morgan fingerprint density at radius 3 is 2.86 bits per heavy atom. The number of pyridine rings is 1. The van der Waals surface area contributed by atoms with Crippen molar-refractivity contribution in [3.05, 3.63) is 39.6 Å². The molecule has 0 radical (unpaired) electrons. The minimum absolute atomic E-state index is 0.236. The molecular formula is C15H18N4O2S. The largest absolute Gasteiger partial charge is 0.356 e. The second-order valence-corrected chi connectivity index (χ2v) is 6.61. The Bertz CT molecular complexity index is 715. The van der Waals surface area contributed by atoms with E-state index in [2.05, 4.69) is 9.97 Å². The standard InChI is InChI=1S/C15H18N4O2S/c1-9-12(22-10(2)17-9)6-8-19-14(20)13-11(5-4-7-16-13)18(3)15(19)21/h4-5,7,15,21H,6,8H2,1-3H3. The molecule has 116 valence electrons. The van der Waals surface area contributed by atoms with Crippen molar-refractivity contribution in [2.45, 2.75) is 26.6 Å². The Kier molecular flexibility index (Phi) is 3.84. The fourth-order valence-corrected chi connectivity index (χ4v) is 3.59. The van der Waals surface area contributed by atoms with Crippen LogP contribution in [0.5, 0.6) is 0 Å². The molecule has 1 N–H and O–H groups in total. The molecule has 1 aliphatic rings. The molecule has 0 aromatic carbocycles. The van der Waals surface area contributed by atoms with Crippen molar-refractivity contribution in [2.24, 2.45) is 0 Å². The topological polar surface area (TPSA) is 69.6 Å². The number of fused-ring (bicyclic) bond motifs is 1. The number of carbonyl (C=O) groups is 1. The predicted octanol–water partition coefficient (Wildman–Crippen LogP) is 1.57. The van der Waals surface area contributed by atoms with Gasteiger partial charge in [-0.3, -0.25) is 9.69 Å². The first-order chi connectivity index (χ1) is 10.5. The van der Waals surface area contributed by atoms with Gasteiger partial charge in [-0.25, -0.2) is 9.97 Å². The van der Waals surface area contributed by atoms with Gasteiger partial charge in [-0.2, -0.15) is 0 Å². The quantitative estimate of drug-likeness (QED) is 0.930. The van der Waals surface area contributed by atoms with E-state index in [9.17, 15) is 9.90 Å². The summed E-state index contributed by atoms with van der Waals surface area (Å²) in [5.74, 6) is -0.236. The molecule has 3 heterocycles. The van der Waals surface area contributed by atoms with Crippen LogP contribution in [0, 0.1) is 13.8 Å². The first kappa shape index (κ1) is 14.9. The lowest BCUT2D eigenvalue weighted by Gasteiger charge is -2.39. The van der Waals surface area contributed by atoms with Crippen molar-refractivity contribution >= 4 is 22.9 Å². The number of carbonyl (C=O) groups excluding carboxylic acids is 1. The summed E-state index contributed by atoms with van der Waals surface area (Å²) in [6, 6.07) is 3.55. The number of nitrogens with zero attached hydrogens (tertiary/aromatic N) is 4. The molecule has 1 aliphatic heterocycles. The Labute approximate surface area is 133 Å². The average Bonchev–Trinajstić information content (AvgIpc) is 2.83. The van der Waals surface area contributed by atoms with Crippen LogP contribution in [-0.2, 0) is 6.42 Å². The van der Waals surface area contributed by atoms with Crippen LogP contribution >= 0.6 is 11.3 Å². The highest BCUT2D eigenvalue weighted by atomic mass is 32.1. The lowest BCUT2D eigenvalue weighted by Crippen LogP contribution is -2.54. The Balaban J connectivity index is 1.82. The van der Waals surface area contributed by atoms with Gasteiger partial charge >= 0.3 is 0 Å². The molecule has 0 fully saturated rings. The van der Waals surface area contributed by atoms with E-state index in [1.165, 1.54) is 4.90 Å². The third-order valence-electron chi connectivity index (χ3n) is 3.83. The zero-order chi connectivity index (χ0) is 15.9. The van der Waals surface area contributed by atoms with Crippen LogP contribution in [0.15, 0.2) is 18.3 Å². The van der Waals surface area contributed by atoms with Gasteiger partial charge in [-0.1, -0.05) is 0 Å². The van der Waals surface area contributed by atoms with Gasteiger partial charge in [-0.05, 0) is 26.0 Å². The Morgan fingerprint density at radius 2 is 2.18 bits per heavy atom. The number of aryl methyl sites for hydroxylation is 2. The number of aromatic nitrogens is 2. The lowest BCUT2D eigenvalue weighted by atomic mass is 10.2. The molecule has 7 heteroatoms. The van der Waals surface area contributed by atoms with Gasteiger partial charge in [-0.15, -0.1) is 11.3 Å². The van der Waals surface area contributed by atoms with Crippen molar-refractivity contribution in [2.75, 3.05) is 18.5 Å². The van der Waals surface area contributed by atoms with Crippen LogP contribution < -0.4 is 4.90 Å². The number of hydrogen-bond acceptors (Lipinski definition) is 6. The van der Waals surface area contributed by atoms with E-state index in [1.54, 1.807) is 41.6 Å². The molecule has 0 saturated heterocycles. The van der Waals surface area contributed by atoms with Gasteiger partial charge in [0.15, 0.2) is 5.69 Å². The monoisotopic (exact) mass is 318 g/mol. The van der Waals surface area contributed by atoms with Crippen LogP contribution in [-0.4, -0.2) is 45.8 Å². The first-order valence-corrected chi connectivity index (χ1v) is 7.90. The predicted molar refractivity (Wildman–Crippen MR) is 85.0 cm³/mol. The fourth-order valence-electron chi connectivity index (χ4n) is 2.67. The average molecular weight is 318 g/mol. The highest BCUT2D eigenvalue weighted by Crippen LogP contribution is 2.27. The van der Waals surface area contributed by atoms with Crippen molar-refractivity contribution in [3.63, 3.8) is 0 Å². The van der Waals surface area contributed by atoms with E-state index in [-0.39, 0.29) is 5.91 Å². The van der Waals surface area contributed by atoms with Crippen LogP contribution in [0.25, 0.3) is 0 Å². The molecule has 2 aromatic heterocycles. The van der Waals surface area contributed by atoms with E-state index in [0.717, 1.165) is 15.6 Å². The van der Waals surface area contributed by atoms with Gasteiger partial charge in [0.05, 0.1) is 16.4 Å². The number of thiazole rings is 1. The summed E-state index contributed by atoms with van der Waals surface area (Å²) in [5.41, 5.74) is 2.03. The van der Waals surface area contributed by atoms with Gasteiger partial charge in [0, 0.05) is 31.1 Å². The van der Waals surface area contributed by atoms with Crippen LogP contribution in [0.2, 0.25) is 0 Å². The molecule has 0 aliphatic carbocycles. The highest BCUT2D eigenvalue weighted by Gasteiger charge is 2.35. The molecule has 22 heavy (non-hydrogen) atoms. The zero-order valence-corrected chi connectivity index (χ0v) is 13.6. The molecule has 3 rings (SSSR count). The Hall–Kier alpha value is -1.99. The van der Waals surface area contributed by atoms with Crippen molar-refractivity contribution in [1.82, 2.24) is 14.9 Å². The van der Waals surface area contributed by atoms with Gasteiger partial charge in [0.1, 0.15) is 0 Å². The fraction of sp³-hybridized carbons (Fsp3) is 0.400. The normalized spacial score (nSPS) is 17.8. The minimum Gasteiger partial charge on any atom is -0.356 e. The van der Waals surface area contributed by atoms with Crippen molar-refractivity contribution in [1.29, 1.82) is 0 Å². The Morgan fingerprint density at radius 1 is 1.41 bits per heavy atom. The molecule has 6 nitrogen and oxygen atoms in total. The SMILES string of the molecule is Cc1nc(C)c(CCN2C(=O)c3ncccc3N(C)C2O)s1. The van der Waals surface area contributed by atoms with E-state index in [0.29, 0.717) is 24.3 Å². The van der Waals surface area contributed by atoms with Gasteiger partial charge < -0.3 is 10.0 Å². The van der Waals surface area contributed by atoms with E-state index in [1.807, 2.05) is 13.8 Å². The minimum atomic E-state index is -0.974. The second kappa shape index (κ2) is 5.66. The number of hydrogen-bond donors (Lipinski definition) is 1. The molecule has 0 bridgehead atoms. The third-order valence-corrected chi connectivity index (χ3v) is 4.97. The maximum atomic E-state index is 12.5. The molecule has 2 aromatic rings. The zero-order valence-electron chi connectivity index (χ0n) is 12.8. The summed E-state index contributed by atoms with van der Waals surface area (Å²) in [4.78, 5) is 25.4. The molecular weight excluding hydrogens is 300 g/mol. The van der Waals surface area contributed by atoms with Gasteiger partial charge in [0.2, 0.25) is 6.35 Å². The van der Waals surface area contributed by atoms with E-state index in [4.69, 9.17) is 0 Å². The number of rotatable bonds is 3. The molecule has 0 saturated carbocycles.